The number of rotatable bonds is 9. The number of nitrogens with zero attached hydrogens (tertiary/aromatic N) is 4. The van der Waals surface area contributed by atoms with E-state index in [1.165, 1.54) is 6.26 Å². The van der Waals surface area contributed by atoms with E-state index in [9.17, 15) is 13.2 Å². The van der Waals surface area contributed by atoms with Crippen molar-refractivity contribution in [2.75, 3.05) is 37.0 Å². The monoisotopic (exact) mass is 554 g/mol. The van der Waals surface area contributed by atoms with Crippen molar-refractivity contribution in [1.29, 1.82) is 0 Å². The number of nitrogens with two attached hydrogens (primary N) is 1. The van der Waals surface area contributed by atoms with E-state index in [0.717, 1.165) is 68.3 Å². The largest absolute Gasteiger partial charge is 0.493 e. The van der Waals surface area contributed by atoms with E-state index in [1.54, 1.807) is 6.20 Å². The molecule has 0 bridgehead atoms. The molecule has 0 atom stereocenters. The third-order valence-corrected chi connectivity index (χ3v) is 8.79. The number of anilines is 1. The fourth-order valence-corrected chi connectivity index (χ4v) is 6.21. The minimum absolute atomic E-state index is 0.0960. The number of sulfone groups is 1. The van der Waals surface area contributed by atoms with Gasteiger partial charge in [0.2, 0.25) is 11.9 Å². The summed E-state index contributed by atoms with van der Waals surface area (Å²) in [7, 11) is -3.01. The van der Waals surface area contributed by atoms with Crippen molar-refractivity contribution in [2.24, 2.45) is 11.7 Å². The zero-order valence-corrected chi connectivity index (χ0v) is 23.3. The predicted octanol–water partition coefficient (Wildman–Crippen LogP) is 3.15. The molecular weight excluding hydrogens is 516 g/mol. The normalized spacial score (nSPS) is 20.7. The second-order valence-corrected chi connectivity index (χ2v) is 13.1. The molecule has 39 heavy (non-hydrogen) atoms. The number of benzene rings is 1. The molecule has 0 radical (unpaired) electrons. The Hall–Kier alpha value is -3.18. The topological polar surface area (TPSA) is 132 Å². The van der Waals surface area contributed by atoms with Crippen LogP contribution in [0.4, 0.5) is 5.95 Å². The third kappa shape index (κ3) is 6.88. The maximum absolute atomic E-state index is 12.9. The minimum Gasteiger partial charge on any atom is -0.493 e. The summed E-state index contributed by atoms with van der Waals surface area (Å²) in [5, 5.41) is 4.42. The van der Waals surface area contributed by atoms with Gasteiger partial charge in [-0.05, 0) is 69.2 Å². The Morgan fingerprint density at radius 1 is 1.10 bits per heavy atom. The van der Waals surface area contributed by atoms with Crippen molar-refractivity contribution in [1.82, 2.24) is 19.4 Å². The number of piperidine rings is 1. The van der Waals surface area contributed by atoms with Gasteiger partial charge in [-0.3, -0.25) is 4.79 Å². The van der Waals surface area contributed by atoms with Gasteiger partial charge in [-0.15, -0.1) is 0 Å². The molecule has 1 aliphatic heterocycles. The van der Waals surface area contributed by atoms with E-state index in [0.29, 0.717) is 24.7 Å². The number of hydrogen-bond donors (Lipinski definition) is 2. The summed E-state index contributed by atoms with van der Waals surface area (Å²) in [6.07, 6.45) is 10.7. The number of carbonyl (C=O) groups excluding carboxylic acids is 1. The van der Waals surface area contributed by atoms with Crippen LogP contribution in [0.3, 0.4) is 0 Å². The number of carbonyl (C=O) groups is 1. The number of fused-ring (bicyclic) bond motifs is 1. The van der Waals surface area contributed by atoms with E-state index in [-0.39, 0.29) is 29.7 Å². The Morgan fingerprint density at radius 3 is 2.62 bits per heavy atom. The molecule has 5 rings (SSSR count). The number of amides is 1. The molecule has 2 fully saturated rings. The number of ether oxygens (including phenoxy) is 1. The van der Waals surface area contributed by atoms with E-state index >= 15 is 0 Å². The lowest BCUT2D eigenvalue weighted by atomic mass is 9.84. The van der Waals surface area contributed by atoms with Gasteiger partial charge >= 0.3 is 0 Å². The van der Waals surface area contributed by atoms with E-state index < -0.39 is 9.84 Å². The number of aromatic nitrogens is 3. The first-order valence-electron chi connectivity index (χ1n) is 13.8. The van der Waals surface area contributed by atoms with Gasteiger partial charge in [0.1, 0.15) is 21.4 Å². The number of nitrogens with one attached hydrogen (secondary N) is 1. The van der Waals surface area contributed by atoms with Crippen LogP contribution in [0.2, 0.25) is 0 Å². The van der Waals surface area contributed by atoms with Crippen molar-refractivity contribution < 1.29 is 17.9 Å². The molecule has 210 valence electrons. The van der Waals surface area contributed by atoms with Gasteiger partial charge in [0.15, 0.2) is 0 Å². The van der Waals surface area contributed by atoms with Crippen molar-refractivity contribution in [3.05, 3.63) is 42.7 Å². The molecule has 1 saturated carbocycles. The number of hydrogen-bond acceptors (Lipinski definition) is 8. The van der Waals surface area contributed by atoms with Crippen LogP contribution < -0.4 is 15.8 Å². The molecule has 1 amide bonds. The van der Waals surface area contributed by atoms with E-state index in [4.69, 9.17) is 15.5 Å². The fraction of sp³-hybridized carbons (Fsp3) is 0.536. The van der Waals surface area contributed by atoms with Gasteiger partial charge in [0.25, 0.3) is 0 Å². The second-order valence-electron chi connectivity index (χ2n) is 10.8. The van der Waals surface area contributed by atoms with Crippen LogP contribution in [0.15, 0.2) is 42.7 Å². The van der Waals surface area contributed by atoms with Crippen LogP contribution in [-0.4, -0.2) is 77.5 Å². The lowest BCUT2D eigenvalue weighted by Crippen LogP contribution is -2.46. The van der Waals surface area contributed by atoms with E-state index in [2.05, 4.69) is 10.3 Å². The molecule has 1 aliphatic carbocycles. The van der Waals surface area contributed by atoms with Crippen molar-refractivity contribution in [3.8, 4) is 11.6 Å². The minimum atomic E-state index is -3.01. The summed E-state index contributed by atoms with van der Waals surface area (Å²) in [5.74, 6) is 2.51. The highest BCUT2D eigenvalue weighted by Gasteiger charge is 2.31. The van der Waals surface area contributed by atoms with Crippen molar-refractivity contribution >= 4 is 32.6 Å². The zero-order chi connectivity index (χ0) is 27.4. The summed E-state index contributed by atoms with van der Waals surface area (Å²) < 4.78 is 30.7. The van der Waals surface area contributed by atoms with Gasteiger partial charge in [-0.2, -0.15) is 4.98 Å². The molecule has 3 heterocycles. The summed E-state index contributed by atoms with van der Waals surface area (Å²) in [5.41, 5.74) is 6.94. The third-order valence-electron chi connectivity index (χ3n) is 7.76. The molecule has 1 aromatic carbocycles. The van der Waals surface area contributed by atoms with Crippen LogP contribution in [0, 0.1) is 5.92 Å². The maximum Gasteiger partial charge on any atom is 0.225 e. The molecule has 1 saturated heterocycles. The summed E-state index contributed by atoms with van der Waals surface area (Å²) >= 11 is 0. The molecule has 0 spiro atoms. The Morgan fingerprint density at radius 2 is 1.87 bits per heavy atom. The lowest BCUT2D eigenvalue weighted by molar-refractivity contribution is -0.137. The molecule has 0 unspecified atom stereocenters. The highest BCUT2D eigenvalue weighted by atomic mass is 32.2. The van der Waals surface area contributed by atoms with Crippen LogP contribution in [0.25, 0.3) is 16.7 Å². The van der Waals surface area contributed by atoms with Crippen LogP contribution in [-0.2, 0) is 14.6 Å². The van der Waals surface area contributed by atoms with Gasteiger partial charge in [0, 0.05) is 55.1 Å². The average molecular weight is 555 g/mol. The predicted molar refractivity (Wildman–Crippen MR) is 152 cm³/mol. The lowest BCUT2D eigenvalue weighted by Gasteiger charge is -2.35. The standard InChI is InChI=1S/C28H38N6O4S/c1-39(36,37)19-3-18-38-25-5-2-4-24-23(25)13-17-34(24)26-10-14-30-28(32-26)31-22-8-6-20(7-9-22)27(35)33-15-11-21(29)12-16-33/h2,4-5,10,13-14,17,20-22H,3,6-9,11-12,15-16,18-19,29H2,1H3,(H,30,31,32)/t20-,22-. The molecule has 3 aromatic rings. The molecule has 11 heteroatoms. The molecule has 3 N–H and O–H groups in total. The highest BCUT2D eigenvalue weighted by molar-refractivity contribution is 7.90. The highest BCUT2D eigenvalue weighted by Crippen LogP contribution is 2.30. The molecular formula is C28H38N6O4S. The van der Waals surface area contributed by atoms with Crippen molar-refractivity contribution in [2.45, 2.75) is 57.0 Å². The summed E-state index contributed by atoms with van der Waals surface area (Å²) in [4.78, 5) is 24.2. The maximum atomic E-state index is 12.9. The van der Waals surface area contributed by atoms with Gasteiger partial charge in [-0.25, -0.2) is 13.4 Å². The molecule has 2 aliphatic rings. The SMILES string of the molecule is CS(=O)(=O)CCCOc1cccc2c1ccn2-c1ccnc(N[C@H]2CC[C@H](C(=O)N3CCC(N)CC3)CC2)n1. The second kappa shape index (κ2) is 11.9. The van der Waals surface area contributed by atoms with Crippen LogP contribution in [0.5, 0.6) is 5.75 Å². The first kappa shape index (κ1) is 27.4. The Balaban J connectivity index is 1.19. The average Bonchev–Trinajstić information content (AvgIpc) is 3.36. The van der Waals surface area contributed by atoms with Gasteiger partial charge in [0.05, 0.1) is 17.9 Å². The smallest absolute Gasteiger partial charge is 0.225 e. The summed E-state index contributed by atoms with van der Waals surface area (Å²) in [6, 6.07) is 10.1. The molecule has 2 aromatic heterocycles. The molecule has 10 nitrogen and oxygen atoms in total. The summed E-state index contributed by atoms with van der Waals surface area (Å²) in [6.45, 7) is 1.90. The fourth-order valence-electron chi connectivity index (χ4n) is 5.57. The Labute approximate surface area is 229 Å². The van der Waals surface area contributed by atoms with Crippen LogP contribution in [0.1, 0.15) is 44.9 Å². The Bertz CT molecular complexity index is 1390. The van der Waals surface area contributed by atoms with Gasteiger partial charge in [-0.1, -0.05) is 6.07 Å². The first-order chi connectivity index (χ1) is 18.8. The zero-order valence-electron chi connectivity index (χ0n) is 22.5. The van der Waals surface area contributed by atoms with Gasteiger partial charge < -0.3 is 25.3 Å². The number of likely N-dealkylation sites (tertiary alicyclic amines) is 1. The first-order valence-corrected chi connectivity index (χ1v) is 15.9. The Kier molecular flexibility index (Phi) is 8.37. The van der Waals surface area contributed by atoms with Crippen molar-refractivity contribution in [3.63, 3.8) is 0 Å². The quantitative estimate of drug-likeness (QED) is 0.386. The van der Waals surface area contributed by atoms with Crippen LogP contribution >= 0.6 is 0 Å². The van der Waals surface area contributed by atoms with E-state index in [1.807, 2.05) is 46.0 Å².